The number of fused-ring (bicyclic) bond motifs is 1. The molecule has 0 bridgehead atoms. The number of aliphatic hydroxyl groups excluding tert-OH is 2. The van der Waals surface area contributed by atoms with Crippen LogP contribution in [0.1, 0.15) is 0 Å². The van der Waals surface area contributed by atoms with Crippen LogP contribution in [0, 0.1) is 0 Å². The Bertz CT molecular complexity index is 222. The molecule has 1 unspecified atom stereocenters. The van der Waals surface area contributed by atoms with Gasteiger partial charge in [-0.25, -0.2) is 9.59 Å². The average molecular weight is 174 g/mol. The van der Waals surface area contributed by atoms with E-state index in [2.05, 4.69) is 9.47 Å². The first-order valence-corrected chi connectivity index (χ1v) is 3.38. The Morgan fingerprint density at radius 1 is 0.917 bits per heavy atom. The van der Waals surface area contributed by atoms with Crippen molar-refractivity contribution in [3.8, 4) is 0 Å². The SMILES string of the molecule is O=C1O[C@@H]2[C@H](O)C(=O)O[C@@H]2C1O. The molecule has 2 aliphatic rings. The van der Waals surface area contributed by atoms with Crippen molar-refractivity contribution < 1.29 is 29.3 Å². The summed E-state index contributed by atoms with van der Waals surface area (Å²) in [6, 6.07) is 0. The number of carbonyl (C=O) groups excluding carboxylic acids is 2. The molecular weight excluding hydrogens is 168 g/mol. The van der Waals surface area contributed by atoms with E-state index in [1.165, 1.54) is 0 Å². The van der Waals surface area contributed by atoms with Crippen LogP contribution in [-0.4, -0.2) is 46.6 Å². The minimum Gasteiger partial charge on any atom is -0.453 e. The van der Waals surface area contributed by atoms with Gasteiger partial charge in [0.25, 0.3) is 0 Å². The zero-order chi connectivity index (χ0) is 8.88. The van der Waals surface area contributed by atoms with E-state index in [-0.39, 0.29) is 0 Å². The molecule has 0 aromatic rings. The summed E-state index contributed by atoms with van der Waals surface area (Å²) in [6.07, 6.45) is -5.01. The topological polar surface area (TPSA) is 93.1 Å². The first kappa shape index (κ1) is 7.51. The van der Waals surface area contributed by atoms with Gasteiger partial charge >= 0.3 is 11.9 Å². The lowest BCUT2D eigenvalue weighted by Gasteiger charge is -2.05. The zero-order valence-corrected chi connectivity index (χ0v) is 5.84. The number of rotatable bonds is 0. The molecule has 6 nitrogen and oxygen atoms in total. The van der Waals surface area contributed by atoms with Crippen LogP contribution < -0.4 is 0 Å². The molecule has 0 aromatic carbocycles. The lowest BCUT2D eigenvalue weighted by atomic mass is 10.1. The van der Waals surface area contributed by atoms with Gasteiger partial charge in [-0.1, -0.05) is 0 Å². The van der Waals surface area contributed by atoms with Gasteiger partial charge in [0.2, 0.25) is 0 Å². The van der Waals surface area contributed by atoms with E-state index < -0.39 is 36.4 Å². The minimum absolute atomic E-state index is 0.864. The first-order valence-electron chi connectivity index (χ1n) is 3.38. The molecule has 2 fully saturated rings. The molecule has 2 saturated heterocycles. The molecule has 0 amide bonds. The predicted molar refractivity (Wildman–Crippen MR) is 31.8 cm³/mol. The van der Waals surface area contributed by atoms with Gasteiger partial charge in [0.15, 0.2) is 24.4 Å². The average Bonchev–Trinajstić information content (AvgIpc) is 2.43. The second-order valence-corrected chi connectivity index (χ2v) is 2.69. The molecule has 2 aliphatic heterocycles. The molecule has 0 aromatic heterocycles. The van der Waals surface area contributed by atoms with Crippen LogP contribution in [-0.2, 0) is 19.1 Å². The van der Waals surface area contributed by atoms with Crippen LogP contribution in [0.4, 0.5) is 0 Å². The maximum Gasteiger partial charge on any atom is 0.339 e. The van der Waals surface area contributed by atoms with Crippen molar-refractivity contribution in [2.45, 2.75) is 24.4 Å². The van der Waals surface area contributed by atoms with Gasteiger partial charge < -0.3 is 19.7 Å². The van der Waals surface area contributed by atoms with Crippen molar-refractivity contribution >= 4 is 11.9 Å². The van der Waals surface area contributed by atoms with Crippen LogP contribution in [0.2, 0.25) is 0 Å². The molecular formula is C6H6O6. The normalized spacial score (nSPS) is 45.5. The van der Waals surface area contributed by atoms with Crippen LogP contribution in [0.25, 0.3) is 0 Å². The molecule has 2 rings (SSSR count). The Balaban J connectivity index is 2.24. The maximum atomic E-state index is 10.7. The van der Waals surface area contributed by atoms with Crippen molar-refractivity contribution in [2.24, 2.45) is 0 Å². The van der Waals surface area contributed by atoms with Crippen molar-refractivity contribution in [1.82, 2.24) is 0 Å². The monoisotopic (exact) mass is 174 g/mol. The molecule has 2 heterocycles. The molecule has 2 N–H and O–H groups in total. The second kappa shape index (κ2) is 2.18. The maximum absolute atomic E-state index is 10.7. The number of carbonyl (C=O) groups is 2. The second-order valence-electron chi connectivity index (χ2n) is 2.69. The molecule has 0 radical (unpaired) electrons. The quantitative estimate of drug-likeness (QED) is 0.396. The van der Waals surface area contributed by atoms with E-state index in [0.29, 0.717) is 0 Å². The highest BCUT2D eigenvalue weighted by molar-refractivity contribution is 5.85. The number of ether oxygens (including phenoxy) is 2. The van der Waals surface area contributed by atoms with Crippen LogP contribution in [0.5, 0.6) is 0 Å². The van der Waals surface area contributed by atoms with Crippen LogP contribution in [0.3, 0.4) is 0 Å². The van der Waals surface area contributed by atoms with Gasteiger partial charge in [0, 0.05) is 0 Å². The summed E-state index contributed by atoms with van der Waals surface area (Å²) in [4.78, 5) is 21.3. The Morgan fingerprint density at radius 3 is 1.58 bits per heavy atom. The Kier molecular flexibility index (Phi) is 1.36. The molecule has 0 saturated carbocycles. The standard InChI is InChI=1S/C6H6O6/c7-1-3-4(12-5(1)9)2(8)6(10)11-3/h1-4,7-8H/t1-,2?,3+,4+/m0/s1. The van der Waals surface area contributed by atoms with E-state index in [1.807, 2.05) is 0 Å². The molecule has 0 aliphatic carbocycles. The van der Waals surface area contributed by atoms with Gasteiger partial charge in [-0.05, 0) is 0 Å². The fourth-order valence-electron chi connectivity index (χ4n) is 1.30. The summed E-state index contributed by atoms with van der Waals surface area (Å²) in [5, 5.41) is 18.1. The summed E-state index contributed by atoms with van der Waals surface area (Å²) >= 11 is 0. The largest absolute Gasteiger partial charge is 0.453 e. The van der Waals surface area contributed by atoms with Gasteiger partial charge in [0.1, 0.15) is 0 Å². The van der Waals surface area contributed by atoms with Gasteiger partial charge in [-0.15, -0.1) is 0 Å². The van der Waals surface area contributed by atoms with Crippen molar-refractivity contribution in [2.75, 3.05) is 0 Å². The van der Waals surface area contributed by atoms with Crippen molar-refractivity contribution in [3.63, 3.8) is 0 Å². The lowest BCUT2D eigenvalue weighted by molar-refractivity contribution is -0.159. The highest BCUT2D eigenvalue weighted by Gasteiger charge is 2.57. The molecule has 12 heavy (non-hydrogen) atoms. The van der Waals surface area contributed by atoms with Crippen LogP contribution in [0.15, 0.2) is 0 Å². The molecule has 66 valence electrons. The minimum atomic E-state index is -1.46. The lowest BCUT2D eigenvalue weighted by Crippen LogP contribution is -2.31. The van der Waals surface area contributed by atoms with Gasteiger partial charge in [0.05, 0.1) is 0 Å². The summed E-state index contributed by atoms with van der Waals surface area (Å²) < 4.78 is 8.99. The predicted octanol–water partition coefficient (Wildman–Crippen LogP) is -2.44. The third-order valence-corrected chi connectivity index (χ3v) is 1.93. The molecule has 0 spiro atoms. The van der Waals surface area contributed by atoms with E-state index in [0.717, 1.165) is 0 Å². The fourth-order valence-corrected chi connectivity index (χ4v) is 1.30. The number of hydrogen-bond donors (Lipinski definition) is 2. The van der Waals surface area contributed by atoms with Crippen LogP contribution >= 0.6 is 0 Å². The summed E-state index contributed by atoms with van der Waals surface area (Å²) in [5.74, 6) is -1.73. The van der Waals surface area contributed by atoms with Gasteiger partial charge in [-0.2, -0.15) is 0 Å². The highest BCUT2D eigenvalue weighted by atomic mass is 16.7. The first-order chi connectivity index (χ1) is 5.61. The number of aliphatic hydroxyl groups is 2. The van der Waals surface area contributed by atoms with E-state index in [9.17, 15) is 9.59 Å². The summed E-state index contributed by atoms with van der Waals surface area (Å²) in [5.41, 5.74) is 0. The highest BCUT2D eigenvalue weighted by Crippen LogP contribution is 2.28. The third-order valence-electron chi connectivity index (χ3n) is 1.93. The zero-order valence-electron chi connectivity index (χ0n) is 5.84. The van der Waals surface area contributed by atoms with E-state index >= 15 is 0 Å². The third kappa shape index (κ3) is 0.759. The van der Waals surface area contributed by atoms with E-state index in [1.54, 1.807) is 0 Å². The Hall–Kier alpha value is -1.14. The Morgan fingerprint density at radius 2 is 1.25 bits per heavy atom. The van der Waals surface area contributed by atoms with Gasteiger partial charge in [-0.3, -0.25) is 0 Å². The van der Waals surface area contributed by atoms with Crippen molar-refractivity contribution in [3.05, 3.63) is 0 Å². The molecule has 6 heteroatoms. The smallest absolute Gasteiger partial charge is 0.339 e. The molecule has 4 atom stereocenters. The van der Waals surface area contributed by atoms with E-state index in [4.69, 9.17) is 10.2 Å². The summed E-state index contributed by atoms with van der Waals surface area (Å²) in [6.45, 7) is 0. The Labute approximate surface area is 66.7 Å². The number of esters is 2. The fraction of sp³-hybridized carbons (Fsp3) is 0.667. The van der Waals surface area contributed by atoms with Crippen molar-refractivity contribution in [1.29, 1.82) is 0 Å². The summed E-state index contributed by atoms with van der Waals surface area (Å²) in [7, 11) is 0. The number of hydrogen-bond acceptors (Lipinski definition) is 6.